The first-order valence-corrected chi connectivity index (χ1v) is 5.37. The number of rotatable bonds is 5. The Morgan fingerprint density at radius 2 is 2.14 bits per heavy atom. The van der Waals surface area contributed by atoms with Gasteiger partial charge in [0.15, 0.2) is 0 Å². The summed E-state index contributed by atoms with van der Waals surface area (Å²) in [7, 11) is 0. The molecule has 0 aliphatic carbocycles. The Morgan fingerprint density at radius 3 is 2.71 bits per heavy atom. The summed E-state index contributed by atoms with van der Waals surface area (Å²) < 4.78 is 0. The molecule has 1 heteroatoms. The Bertz CT molecular complexity index is 291. The van der Waals surface area contributed by atoms with Crippen LogP contribution in [-0.2, 0) is 0 Å². The van der Waals surface area contributed by atoms with Crippen molar-refractivity contribution in [2.24, 2.45) is 0 Å². The van der Waals surface area contributed by atoms with Gasteiger partial charge in [-0.2, -0.15) is 0 Å². The second kappa shape index (κ2) is 5.58. The summed E-state index contributed by atoms with van der Waals surface area (Å²) >= 11 is 0. The van der Waals surface area contributed by atoms with Crippen molar-refractivity contribution in [3.8, 4) is 0 Å². The Hall–Kier alpha value is -1.11. The summed E-state index contributed by atoms with van der Waals surface area (Å²) in [4.78, 5) is 10.6. The van der Waals surface area contributed by atoms with Crippen LogP contribution in [-0.4, -0.2) is 6.29 Å². The standard InChI is InChI=1S/C13H18O/c1-3-6-12(4-2)13-8-5-7-11(9-13)10-14/h5,7-10,12H,3-4,6H2,1-2H3. The highest BCUT2D eigenvalue weighted by atomic mass is 16.1. The first-order chi connectivity index (χ1) is 6.81. The van der Waals surface area contributed by atoms with Gasteiger partial charge in [0.25, 0.3) is 0 Å². The maximum absolute atomic E-state index is 10.6. The fraction of sp³-hybridized carbons (Fsp3) is 0.462. The predicted molar refractivity (Wildman–Crippen MR) is 59.8 cm³/mol. The number of carbonyl (C=O) groups is 1. The lowest BCUT2D eigenvalue weighted by molar-refractivity contribution is 0.112. The summed E-state index contributed by atoms with van der Waals surface area (Å²) in [5, 5.41) is 0. The zero-order valence-electron chi connectivity index (χ0n) is 8.99. The largest absolute Gasteiger partial charge is 0.298 e. The normalized spacial score (nSPS) is 12.4. The van der Waals surface area contributed by atoms with E-state index in [4.69, 9.17) is 0 Å². The van der Waals surface area contributed by atoms with E-state index in [0.717, 1.165) is 18.3 Å². The quantitative estimate of drug-likeness (QED) is 0.645. The van der Waals surface area contributed by atoms with Crippen molar-refractivity contribution in [3.63, 3.8) is 0 Å². The number of aldehydes is 1. The molecule has 0 fully saturated rings. The fourth-order valence-electron chi connectivity index (χ4n) is 1.84. The van der Waals surface area contributed by atoms with Crippen molar-refractivity contribution in [1.82, 2.24) is 0 Å². The second-order valence-corrected chi connectivity index (χ2v) is 3.68. The van der Waals surface area contributed by atoms with Crippen LogP contribution in [0.5, 0.6) is 0 Å². The van der Waals surface area contributed by atoms with Gasteiger partial charge in [-0.1, -0.05) is 38.5 Å². The molecule has 1 unspecified atom stereocenters. The van der Waals surface area contributed by atoms with Crippen LogP contribution in [0, 0.1) is 0 Å². The van der Waals surface area contributed by atoms with Crippen LogP contribution in [0.2, 0.25) is 0 Å². The van der Waals surface area contributed by atoms with Crippen LogP contribution in [0.4, 0.5) is 0 Å². The first kappa shape index (κ1) is 11.0. The molecule has 0 bridgehead atoms. The lowest BCUT2D eigenvalue weighted by atomic mass is 9.91. The van der Waals surface area contributed by atoms with E-state index in [9.17, 15) is 4.79 Å². The SMILES string of the molecule is CCCC(CC)c1cccc(C=O)c1. The van der Waals surface area contributed by atoms with Crippen LogP contribution in [0.25, 0.3) is 0 Å². The van der Waals surface area contributed by atoms with Gasteiger partial charge in [0.05, 0.1) is 0 Å². The number of hydrogen-bond donors (Lipinski definition) is 0. The summed E-state index contributed by atoms with van der Waals surface area (Å²) in [6.07, 6.45) is 4.47. The average Bonchev–Trinajstić information content (AvgIpc) is 2.26. The third-order valence-corrected chi connectivity index (χ3v) is 2.65. The Labute approximate surface area is 86.1 Å². The number of benzene rings is 1. The minimum absolute atomic E-state index is 0.611. The highest BCUT2D eigenvalue weighted by molar-refractivity contribution is 5.75. The highest BCUT2D eigenvalue weighted by Crippen LogP contribution is 2.24. The molecule has 0 N–H and O–H groups in total. The molecule has 1 aromatic carbocycles. The van der Waals surface area contributed by atoms with E-state index in [1.165, 1.54) is 18.4 Å². The predicted octanol–water partition coefficient (Wildman–Crippen LogP) is 3.79. The summed E-state index contributed by atoms with van der Waals surface area (Å²) in [6.45, 7) is 4.40. The van der Waals surface area contributed by atoms with Gasteiger partial charge in [0, 0.05) is 5.56 Å². The zero-order valence-corrected chi connectivity index (χ0v) is 8.99. The van der Waals surface area contributed by atoms with Gasteiger partial charge in [-0.15, -0.1) is 0 Å². The van der Waals surface area contributed by atoms with Gasteiger partial charge < -0.3 is 0 Å². The molecule has 1 aromatic rings. The van der Waals surface area contributed by atoms with Crippen molar-refractivity contribution >= 4 is 6.29 Å². The minimum Gasteiger partial charge on any atom is -0.298 e. The van der Waals surface area contributed by atoms with Crippen LogP contribution < -0.4 is 0 Å². The van der Waals surface area contributed by atoms with Crippen LogP contribution >= 0.6 is 0 Å². The van der Waals surface area contributed by atoms with Crippen molar-refractivity contribution in [3.05, 3.63) is 35.4 Å². The highest BCUT2D eigenvalue weighted by Gasteiger charge is 2.07. The van der Waals surface area contributed by atoms with E-state index in [1.807, 2.05) is 18.2 Å². The molecule has 76 valence electrons. The first-order valence-electron chi connectivity index (χ1n) is 5.37. The van der Waals surface area contributed by atoms with Crippen LogP contribution in [0.3, 0.4) is 0 Å². The molecule has 1 nitrogen and oxygen atoms in total. The number of hydrogen-bond acceptors (Lipinski definition) is 1. The summed E-state index contributed by atoms with van der Waals surface area (Å²) in [6, 6.07) is 7.96. The average molecular weight is 190 g/mol. The maximum Gasteiger partial charge on any atom is 0.150 e. The molecule has 0 saturated heterocycles. The molecule has 0 heterocycles. The van der Waals surface area contributed by atoms with Crippen molar-refractivity contribution in [2.45, 2.75) is 39.0 Å². The van der Waals surface area contributed by atoms with Crippen molar-refractivity contribution in [2.75, 3.05) is 0 Å². The van der Waals surface area contributed by atoms with Crippen LogP contribution in [0.1, 0.15) is 54.9 Å². The Kier molecular flexibility index (Phi) is 4.37. The molecule has 0 saturated carbocycles. The molecule has 0 aliphatic heterocycles. The summed E-state index contributed by atoms with van der Waals surface area (Å²) in [5.74, 6) is 0.611. The van der Waals surface area contributed by atoms with E-state index >= 15 is 0 Å². The third-order valence-electron chi connectivity index (χ3n) is 2.65. The smallest absolute Gasteiger partial charge is 0.150 e. The van der Waals surface area contributed by atoms with Crippen LogP contribution in [0.15, 0.2) is 24.3 Å². The molecular weight excluding hydrogens is 172 g/mol. The van der Waals surface area contributed by atoms with Gasteiger partial charge in [-0.05, 0) is 30.4 Å². The van der Waals surface area contributed by atoms with E-state index in [2.05, 4.69) is 19.9 Å². The maximum atomic E-state index is 10.6. The lowest BCUT2D eigenvalue weighted by Crippen LogP contribution is -1.97. The zero-order chi connectivity index (χ0) is 10.4. The van der Waals surface area contributed by atoms with Gasteiger partial charge in [-0.25, -0.2) is 0 Å². The van der Waals surface area contributed by atoms with E-state index in [-0.39, 0.29) is 0 Å². The van der Waals surface area contributed by atoms with Crippen molar-refractivity contribution < 1.29 is 4.79 Å². The Morgan fingerprint density at radius 1 is 1.36 bits per heavy atom. The molecule has 0 amide bonds. The molecule has 0 aromatic heterocycles. The fourth-order valence-corrected chi connectivity index (χ4v) is 1.84. The minimum atomic E-state index is 0.611. The molecule has 1 atom stereocenters. The Balaban J connectivity index is 2.86. The van der Waals surface area contributed by atoms with E-state index in [1.54, 1.807) is 0 Å². The summed E-state index contributed by atoms with van der Waals surface area (Å²) in [5.41, 5.74) is 2.09. The third kappa shape index (κ3) is 2.69. The van der Waals surface area contributed by atoms with Gasteiger partial charge in [0.2, 0.25) is 0 Å². The molecule has 0 spiro atoms. The monoisotopic (exact) mass is 190 g/mol. The lowest BCUT2D eigenvalue weighted by Gasteiger charge is -2.14. The van der Waals surface area contributed by atoms with Gasteiger partial charge in [0.1, 0.15) is 6.29 Å². The number of carbonyl (C=O) groups excluding carboxylic acids is 1. The topological polar surface area (TPSA) is 17.1 Å². The van der Waals surface area contributed by atoms with Gasteiger partial charge >= 0.3 is 0 Å². The van der Waals surface area contributed by atoms with Gasteiger partial charge in [-0.3, -0.25) is 4.79 Å². The van der Waals surface area contributed by atoms with E-state index in [0.29, 0.717) is 5.92 Å². The van der Waals surface area contributed by atoms with E-state index < -0.39 is 0 Å². The van der Waals surface area contributed by atoms with Crippen molar-refractivity contribution in [1.29, 1.82) is 0 Å². The molecular formula is C13H18O. The molecule has 0 radical (unpaired) electrons. The molecule has 1 rings (SSSR count). The molecule has 14 heavy (non-hydrogen) atoms. The second-order valence-electron chi connectivity index (χ2n) is 3.68. The molecule has 0 aliphatic rings.